The van der Waals surface area contributed by atoms with Crippen LogP contribution in [0.3, 0.4) is 0 Å². The highest BCUT2D eigenvalue weighted by Gasteiger charge is 2.14. The van der Waals surface area contributed by atoms with Crippen LogP contribution in [0.15, 0.2) is 24.4 Å². The van der Waals surface area contributed by atoms with E-state index in [1.807, 2.05) is 6.92 Å². The number of hydrogen-bond acceptors (Lipinski definition) is 4. The third kappa shape index (κ3) is 2.74. The number of carbonyl (C=O) groups is 1. The Labute approximate surface area is 117 Å². The highest BCUT2D eigenvalue weighted by Crippen LogP contribution is 2.29. The maximum Gasteiger partial charge on any atom is 0.276 e. The number of aromatic nitrogens is 2. The first kappa shape index (κ1) is 13.9. The zero-order chi connectivity index (χ0) is 14.7. The van der Waals surface area contributed by atoms with Crippen molar-refractivity contribution in [3.8, 4) is 11.5 Å². The molecule has 1 amide bonds. The van der Waals surface area contributed by atoms with Gasteiger partial charge in [0.05, 0.1) is 14.2 Å². The molecule has 2 aromatic rings. The number of nitrogens with one attached hydrogen (secondary N) is 1. The minimum Gasteiger partial charge on any atom is -0.493 e. The molecule has 0 bridgehead atoms. The summed E-state index contributed by atoms with van der Waals surface area (Å²) in [4.78, 5) is 12.1. The van der Waals surface area contributed by atoms with E-state index in [1.165, 1.54) is 0 Å². The summed E-state index contributed by atoms with van der Waals surface area (Å²) >= 11 is 0. The molecule has 1 heterocycles. The number of ether oxygens (including phenoxy) is 2. The van der Waals surface area contributed by atoms with Crippen molar-refractivity contribution < 1.29 is 14.3 Å². The zero-order valence-corrected chi connectivity index (χ0v) is 11.9. The Morgan fingerprint density at radius 2 is 1.95 bits per heavy atom. The second-order valence-electron chi connectivity index (χ2n) is 4.36. The highest BCUT2D eigenvalue weighted by molar-refractivity contribution is 6.03. The van der Waals surface area contributed by atoms with Crippen molar-refractivity contribution in [1.82, 2.24) is 9.78 Å². The number of rotatable bonds is 4. The van der Waals surface area contributed by atoms with Crippen LogP contribution < -0.4 is 14.8 Å². The predicted molar refractivity (Wildman–Crippen MR) is 75.4 cm³/mol. The average Bonchev–Trinajstić information content (AvgIpc) is 2.77. The number of amides is 1. The molecular weight excluding hydrogens is 258 g/mol. The van der Waals surface area contributed by atoms with Gasteiger partial charge < -0.3 is 14.8 Å². The van der Waals surface area contributed by atoms with Crippen LogP contribution in [0.4, 0.5) is 5.69 Å². The molecule has 0 unspecified atom stereocenters. The van der Waals surface area contributed by atoms with E-state index in [2.05, 4.69) is 10.4 Å². The van der Waals surface area contributed by atoms with Gasteiger partial charge >= 0.3 is 0 Å². The van der Waals surface area contributed by atoms with Crippen LogP contribution in [-0.4, -0.2) is 29.9 Å². The second-order valence-corrected chi connectivity index (χ2v) is 4.36. The van der Waals surface area contributed by atoms with Crippen molar-refractivity contribution >= 4 is 11.6 Å². The fraction of sp³-hybridized carbons (Fsp3) is 0.286. The number of carbonyl (C=O) groups excluding carboxylic acids is 1. The Balaban J connectivity index is 2.22. The Kier molecular flexibility index (Phi) is 3.93. The van der Waals surface area contributed by atoms with Crippen LogP contribution in [0, 0.1) is 6.92 Å². The summed E-state index contributed by atoms with van der Waals surface area (Å²) in [5.74, 6) is 0.915. The van der Waals surface area contributed by atoms with Crippen LogP contribution in [-0.2, 0) is 7.05 Å². The molecule has 0 spiro atoms. The fourth-order valence-electron chi connectivity index (χ4n) is 1.94. The molecule has 0 aliphatic rings. The molecule has 6 nitrogen and oxygen atoms in total. The molecule has 0 aliphatic heterocycles. The molecule has 1 aromatic heterocycles. The number of hydrogen-bond donors (Lipinski definition) is 1. The maximum atomic E-state index is 12.1. The van der Waals surface area contributed by atoms with Gasteiger partial charge in [-0.2, -0.15) is 5.10 Å². The number of nitrogens with zero attached hydrogens (tertiary/aromatic N) is 2. The monoisotopic (exact) mass is 275 g/mol. The Hall–Kier alpha value is -2.50. The largest absolute Gasteiger partial charge is 0.493 e. The molecule has 0 fully saturated rings. The number of anilines is 1. The van der Waals surface area contributed by atoms with Crippen molar-refractivity contribution in [3.05, 3.63) is 35.7 Å². The lowest BCUT2D eigenvalue weighted by Gasteiger charge is -2.10. The van der Waals surface area contributed by atoms with Crippen LogP contribution in [0.25, 0.3) is 0 Å². The van der Waals surface area contributed by atoms with E-state index in [9.17, 15) is 4.79 Å². The Bertz CT molecular complexity index is 635. The molecule has 2 rings (SSSR count). The third-order valence-electron chi connectivity index (χ3n) is 2.87. The lowest BCUT2D eigenvalue weighted by atomic mass is 10.2. The topological polar surface area (TPSA) is 65.4 Å². The molecule has 1 N–H and O–H groups in total. The number of aryl methyl sites for hydroxylation is 2. The third-order valence-corrected chi connectivity index (χ3v) is 2.87. The van der Waals surface area contributed by atoms with E-state index < -0.39 is 0 Å². The number of benzene rings is 1. The van der Waals surface area contributed by atoms with E-state index in [1.54, 1.807) is 50.3 Å². The van der Waals surface area contributed by atoms with E-state index >= 15 is 0 Å². The molecule has 0 radical (unpaired) electrons. The van der Waals surface area contributed by atoms with Gasteiger partial charge in [0.25, 0.3) is 5.91 Å². The summed E-state index contributed by atoms with van der Waals surface area (Å²) in [5.41, 5.74) is 1.85. The molecule has 106 valence electrons. The van der Waals surface area contributed by atoms with Crippen LogP contribution >= 0.6 is 0 Å². The Morgan fingerprint density at radius 1 is 1.25 bits per heavy atom. The molecule has 20 heavy (non-hydrogen) atoms. The van der Waals surface area contributed by atoms with Crippen LogP contribution in [0.5, 0.6) is 11.5 Å². The highest BCUT2D eigenvalue weighted by atomic mass is 16.5. The Morgan fingerprint density at radius 3 is 2.50 bits per heavy atom. The standard InChI is InChI=1S/C14H17N3O3/c1-9-8-17(2)16-13(9)14(18)15-10-5-6-11(19-3)12(7-10)20-4/h5-8H,1-4H3,(H,15,18). The van der Waals surface area contributed by atoms with E-state index in [0.29, 0.717) is 22.9 Å². The van der Waals surface area contributed by atoms with Crippen molar-refractivity contribution in [2.75, 3.05) is 19.5 Å². The molecule has 0 saturated carbocycles. The van der Waals surface area contributed by atoms with Gasteiger partial charge in [-0.3, -0.25) is 9.48 Å². The van der Waals surface area contributed by atoms with Gasteiger partial charge in [-0.1, -0.05) is 0 Å². The van der Waals surface area contributed by atoms with E-state index in [4.69, 9.17) is 9.47 Å². The van der Waals surface area contributed by atoms with Crippen molar-refractivity contribution in [2.24, 2.45) is 7.05 Å². The quantitative estimate of drug-likeness (QED) is 0.926. The van der Waals surface area contributed by atoms with Crippen LogP contribution in [0.1, 0.15) is 16.1 Å². The van der Waals surface area contributed by atoms with E-state index in [-0.39, 0.29) is 5.91 Å². The second kappa shape index (κ2) is 5.64. The van der Waals surface area contributed by atoms with Crippen molar-refractivity contribution in [1.29, 1.82) is 0 Å². The van der Waals surface area contributed by atoms with Crippen molar-refractivity contribution in [2.45, 2.75) is 6.92 Å². The first-order valence-corrected chi connectivity index (χ1v) is 6.08. The first-order valence-electron chi connectivity index (χ1n) is 6.08. The zero-order valence-electron chi connectivity index (χ0n) is 11.9. The summed E-state index contributed by atoms with van der Waals surface area (Å²) < 4.78 is 12.0. The van der Waals surface area contributed by atoms with Gasteiger partial charge in [0.15, 0.2) is 17.2 Å². The molecule has 0 atom stereocenters. The summed E-state index contributed by atoms with van der Waals surface area (Å²) in [6, 6.07) is 5.19. The minimum absolute atomic E-state index is 0.254. The molecule has 0 saturated heterocycles. The normalized spacial score (nSPS) is 10.2. The summed E-state index contributed by atoms with van der Waals surface area (Å²) in [6.45, 7) is 1.84. The van der Waals surface area contributed by atoms with Crippen LogP contribution in [0.2, 0.25) is 0 Å². The molecular formula is C14H17N3O3. The minimum atomic E-state index is -0.254. The van der Waals surface area contributed by atoms with Gasteiger partial charge in [0.1, 0.15) is 0 Å². The molecule has 6 heteroatoms. The lowest BCUT2D eigenvalue weighted by Crippen LogP contribution is -2.14. The molecule has 1 aromatic carbocycles. The smallest absolute Gasteiger partial charge is 0.276 e. The van der Waals surface area contributed by atoms with Crippen molar-refractivity contribution in [3.63, 3.8) is 0 Å². The first-order chi connectivity index (χ1) is 9.55. The van der Waals surface area contributed by atoms with E-state index in [0.717, 1.165) is 5.56 Å². The number of methoxy groups -OCH3 is 2. The summed E-state index contributed by atoms with van der Waals surface area (Å²) in [5, 5.41) is 6.92. The van der Waals surface area contributed by atoms with Gasteiger partial charge in [0.2, 0.25) is 0 Å². The summed E-state index contributed by atoms with van der Waals surface area (Å²) in [7, 11) is 4.89. The van der Waals surface area contributed by atoms with Gasteiger partial charge in [0, 0.05) is 30.6 Å². The SMILES string of the molecule is COc1ccc(NC(=O)c2nn(C)cc2C)cc1OC. The predicted octanol–water partition coefficient (Wildman–Crippen LogP) is 2.00. The molecule has 0 aliphatic carbocycles. The average molecular weight is 275 g/mol. The van der Waals surface area contributed by atoms with Gasteiger partial charge in [-0.15, -0.1) is 0 Å². The fourth-order valence-corrected chi connectivity index (χ4v) is 1.94. The summed E-state index contributed by atoms with van der Waals surface area (Å²) in [6.07, 6.45) is 1.80. The lowest BCUT2D eigenvalue weighted by molar-refractivity contribution is 0.102. The van der Waals surface area contributed by atoms with Gasteiger partial charge in [-0.05, 0) is 19.1 Å². The maximum absolute atomic E-state index is 12.1. The van der Waals surface area contributed by atoms with Gasteiger partial charge in [-0.25, -0.2) is 0 Å².